The second-order valence-electron chi connectivity index (χ2n) is 5.59. The highest BCUT2D eigenvalue weighted by Crippen LogP contribution is 2.06. The summed E-state index contributed by atoms with van der Waals surface area (Å²) >= 11 is 0. The highest BCUT2D eigenvalue weighted by atomic mass is 16.2. The van der Waals surface area contributed by atoms with Gasteiger partial charge in [-0.3, -0.25) is 19.6 Å². The molecule has 2 heterocycles. The van der Waals surface area contributed by atoms with Crippen molar-refractivity contribution in [2.75, 3.05) is 0 Å². The molecule has 0 aliphatic carbocycles. The molecule has 0 aliphatic rings. The van der Waals surface area contributed by atoms with Crippen LogP contribution in [-0.4, -0.2) is 21.8 Å². The Kier molecular flexibility index (Phi) is 5.67. The van der Waals surface area contributed by atoms with Gasteiger partial charge in [0.05, 0.1) is 24.5 Å². The molecule has 0 radical (unpaired) electrons. The Balaban J connectivity index is 1.60. The molecule has 0 fully saturated rings. The number of amides is 2. The van der Waals surface area contributed by atoms with Gasteiger partial charge in [-0.15, -0.1) is 0 Å². The van der Waals surface area contributed by atoms with Crippen LogP contribution in [0.5, 0.6) is 0 Å². The first kappa shape index (κ1) is 17.3. The first-order valence-corrected chi connectivity index (χ1v) is 8.18. The summed E-state index contributed by atoms with van der Waals surface area (Å²) in [5, 5.41) is 5.59. The van der Waals surface area contributed by atoms with E-state index in [1.807, 2.05) is 36.4 Å². The van der Waals surface area contributed by atoms with Crippen LogP contribution in [0.25, 0.3) is 0 Å². The number of pyridine rings is 2. The summed E-state index contributed by atoms with van der Waals surface area (Å²) in [6.45, 7) is 0.658. The third-order valence-corrected chi connectivity index (χ3v) is 3.70. The molecule has 0 spiro atoms. The highest BCUT2D eigenvalue weighted by Gasteiger charge is 2.10. The van der Waals surface area contributed by atoms with Crippen molar-refractivity contribution in [3.8, 4) is 0 Å². The molecule has 0 atom stereocenters. The van der Waals surface area contributed by atoms with Gasteiger partial charge in [0.2, 0.25) is 0 Å². The fraction of sp³-hybridized carbons (Fsp3) is 0.100. The number of nitrogens with one attached hydrogen (secondary N) is 2. The standard InChI is InChI=1S/C20H18N4O2/c25-19(23-13-17-8-1-3-10-21-17)15-6-5-7-16(12-15)20(26)24-14-18-9-2-4-11-22-18/h1-12H,13-14H2,(H,23,25)(H,24,26). The number of benzene rings is 1. The largest absolute Gasteiger partial charge is 0.346 e. The van der Waals surface area contributed by atoms with E-state index >= 15 is 0 Å². The number of nitrogens with zero attached hydrogens (tertiary/aromatic N) is 2. The van der Waals surface area contributed by atoms with Crippen LogP contribution in [-0.2, 0) is 13.1 Å². The number of carbonyl (C=O) groups is 2. The van der Waals surface area contributed by atoms with E-state index in [4.69, 9.17) is 0 Å². The topological polar surface area (TPSA) is 84.0 Å². The molecule has 2 aromatic heterocycles. The van der Waals surface area contributed by atoms with Crippen molar-refractivity contribution in [1.29, 1.82) is 0 Å². The second-order valence-corrected chi connectivity index (χ2v) is 5.59. The Morgan fingerprint density at radius 2 is 1.19 bits per heavy atom. The van der Waals surface area contributed by atoms with Crippen LogP contribution < -0.4 is 10.6 Å². The van der Waals surface area contributed by atoms with Gasteiger partial charge in [0, 0.05) is 23.5 Å². The third-order valence-electron chi connectivity index (χ3n) is 3.70. The van der Waals surface area contributed by atoms with Gasteiger partial charge in [-0.2, -0.15) is 0 Å². The van der Waals surface area contributed by atoms with Crippen molar-refractivity contribution in [2.45, 2.75) is 13.1 Å². The zero-order valence-electron chi connectivity index (χ0n) is 14.1. The summed E-state index contributed by atoms with van der Waals surface area (Å²) in [7, 11) is 0. The fourth-order valence-corrected chi connectivity index (χ4v) is 2.35. The minimum absolute atomic E-state index is 0.255. The first-order valence-electron chi connectivity index (χ1n) is 8.18. The molecule has 0 saturated heterocycles. The lowest BCUT2D eigenvalue weighted by Gasteiger charge is -2.08. The van der Waals surface area contributed by atoms with Gasteiger partial charge in [-0.25, -0.2) is 0 Å². The van der Waals surface area contributed by atoms with E-state index in [-0.39, 0.29) is 11.8 Å². The van der Waals surface area contributed by atoms with Gasteiger partial charge in [0.1, 0.15) is 0 Å². The van der Waals surface area contributed by atoms with Crippen molar-refractivity contribution in [1.82, 2.24) is 20.6 Å². The lowest BCUT2D eigenvalue weighted by molar-refractivity contribution is 0.0950. The Bertz CT molecular complexity index is 812. The maximum Gasteiger partial charge on any atom is 0.251 e. The lowest BCUT2D eigenvalue weighted by atomic mass is 10.1. The second kappa shape index (κ2) is 8.53. The van der Waals surface area contributed by atoms with Crippen molar-refractivity contribution >= 4 is 11.8 Å². The van der Waals surface area contributed by atoms with Crippen LogP contribution in [0.4, 0.5) is 0 Å². The summed E-state index contributed by atoms with van der Waals surface area (Å²) in [4.78, 5) is 32.9. The smallest absolute Gasteiger partial charge is 0.251 e. The molecule has 3 aromatic rings. The predicted molar refractivity (Wildman–Crippen MR) is 97.3 cm³/mol. The van der Waals surface area contributed by atoms with E-state index in [9.17, 15) is 9.59 Å². The molecule has 6 heteroatoms. The van der Waals surface area contributed by atoms with Crippen LogP contribution in [0.1, 0.15) is 32.1 Å². The predicted octanol–water partition coefficient (Wildman–Crippen LogP) is 2.34. The van der Waals surface area contributed by atoms with Gasteiger partial charge >= 0.3 is 0 Å². The van der Waals surface area contributed by atoms with E-state index < -0.39 is 0 Å². The van der Waals surface area contributed by atoms with Crippen molar-refractivity contribution in [3.63, 3.8) is 0 Å². The van der Waals surface area contributed by atoms with E-state index in [1.165, 1.54) is 0 Å². The molecule has 3 rings (SSSR count). The van der Waals surface area contributed by atoms with Crippen LogP contribution in [0.3, 0.4) is 0 Å². The maximum absolute atomic E-state index is 12.3. The quantitative estimate of drug-likeness (QED) is 0.717. The van der Waals surface area contributed by atoms with Crippen molar-refractivity contribution in [3.05, 3.63) is 95.6 Å². The van der Waals surface area contributed by atoms with Gasteiger partial charge < -0.3 is 10.6 Å². The van der Waals surface area contributed by atoms with E-state index in [2.05, 4.69) is 20.6 Å². The van der Waals surface area contributed by atoms with Crippen molar-refractivity contribution in [2.24, 2.45) is 0 Å². The lowest BCUT2D eigenvalue weighted by Crippen LogP contribution is -2.25. The SMILES string of the molecule is O=C(NCc1ccccn1)c1cccc(C(=O)NCc2ccccn2)c1. The van der Waals surface area contributed by atoms with E-state index in [0.29, 0.717) is 24.2 Å². The molecule has 0 aliphatic heterocycles. The Morgan fingerprint density at radius 1 is 0.692 bits per heavy atom. The van der Waals surface area contributed by atoms with Crippen LogP contribution in [0.2, 0.25) is 0 Å². The zero-order valence-corrected chi connectivity index (χ0v) is 14.1. The average molecular weight is 346 g/mol. The minimum atomic E-state index is -0.255. The minimum Gasteiger partial charge on any atom is -0.346 e. The van der Waals surface area contributed by atoms with E-state index in [0.717, 1.165) is 11.4 Å². The number of hydrogen-bond donors (Lipinski definition) is 2. The average Bonchev–Trinajstić information content (AvgIpc) is 2.72. The number of aromatic nitrogens is 2. The molecule has 0 saturated carbocycles. The number of carbonyl (C=O) groups excluding carboxylic acids is 2. The normalized spacial score (nSPS) is 10.2. The maximum atomic E-state index is 12.3. The molecule has 2 amide bonds. The van der Waals surface area contributed by atoms with Crippen LogP contribution >= 0.6 is 0 Å². The molecule has 26 heavy (non-hydrogen) atoms. The molecule has 130 valence electrons. The zero-order chi connectivity index (χ0) is 18.2. The third kappa shape index (κ3) is 4.73. The van der Waals surface area contributed by atoms with Gasteiger partial charge in [-0.1, -0.05) is 18.2 Å². The monoisotopic (exact) mass is 346 g/mol. The van der Waals surface area contributed by atoms with Gasteiger partial charge in [0.25, 0.3) is 11.8 Å². The fourth-order valence-electron chi connectivity index (χ4n) is 2.35. The van der Waals surface area contributed by atoms with Gasteiger partial charge in [-0.05, 0) is 42.5 Å². The molecular weight excluding hydrogens is 328 g/mol. The Labute approximate surface area is 151 Å². The molecule has 6 nitrogen and oxygen atoms in total. The molecule has 1 aromatic carbocycles. The van der Waals surface area contributed by atoms with E-state index in [1.54, 1.807) is 36.7 Å². The van der Waals surface area contributed by atoms with Crippen molar-refractivity contribution < 1.29 is 9.59 Å². The summed E-state index contributed by atoms with van der Waals surface area (Å²) in [6.07, 6.45) is 3.35. The summed E-state index contributed by atoms with van der Waals surface area (Å²) in [5.74, 6) is -0.509. The highest BCUT2D eigenvalue weighted by molar-refractivity contribution is 5.99. The first-order chi connectivity index (χ1) is 12.7. The summed E-state index contributed by atoms with van der Waals surface area (Å²) < 4.78 is 0. The number of rotatable bonds is 6. The molecule has 0 unspecified atom stereocenters. The Morgan fingerprint density at radius 3 is 1.62 bits per heavy atom. The molecular formula is C20H18N4O2. The van der Waals surface area contributed by atoms with Gasteiger partial charge in [0.15, 0.2) is 0 Å². The van der Waals surface area contributed by atoms with Crippen LogP contribution in [0.15, 0.2) is 73.1 Å². The molecule has 0 bridgehead atoms. The number of hydrogen-bond acceptors (Lipinski definition) is 4. The summed E-state index contributed by atoms with van der Waals surface area (Å²) in [6, 6.07) is 17.6. The Hall–Kier alpha value is -3.54. The van der Waals surface area contributed by atoms with Crippen LogP contribution in [0, 0.1) is 0 Å². The molecule has 2 N–H and O–H groups in total. The summed E-state index contributed by atoms with van der Waals surface area (Å²) in [5.41, 5.74) is 2.38.